The molecule has 74 valence electrons. The molecule has 0 fully saturated rings. The van der Waals surface area contributed by atoms with Gasteiger partial charge in [-0.25, -0.2) is 0 Å². The van der Waals surface area contributed by atoms with Gasteiger partial charge in [0, 0.05) is 10.9 Å². The predicted octanol–water partition coefficient (Wildman–Crippen LogP) is 2.59. The predicted molar refractivity (Wildman–Crippen MR) is 60.6 cm³/mol. The van der Waals surface area contributed by atoms with Gasteiger partial charge in [-0.2, -0.15) is 11.3 Å². The van der Waals surface area contributed by atoms with Crippen LogP contribution in [0, 0.1) is 6.92 Å². The van der Waals surface area contributed by atoms with Crippen LogP contribution in [-0.2, 0) is 0 Å². The molecule has 0 saturated carbocycles. The van der Waals surface area contributed by atoms with Crippen molar-refractivity contribution in [2.24, 2.45) is 5.73 Å². The van der Waals surface area contributed by atoms with Crippen LogP contribution >= 0.6 is 22.7 Å². The van der Waals surface area contributed by atoms with E-state index in [1.807, 2.05) is 6.92 Å². The van der Waals surface area contributed by atoms with E-state index in [0.717, 1.165) is 10.0 Å². The maximum absolute atomic E-state index is 5.73. The Morgan fingerprint density at radius 2 is 2.14 bits per heavy atom. The summed E-state index contributed by atoms with van der Waals surface area (Å²) in [7, 11) is 0. The third-order valence-corrected chi connectivity index (χ3v) is 3.94. The molecule has 0 bridgehead atoms. The third-order valence-electron chi connectivity index (χ3n) is 1.92. The van der Waals surface area contributed by atoms with Gasteiger partial charge >= 0.3 is 0 Å². The number of thiophene rings is 1. The molecule has 0 saturated heterocycles. The van der Waals surface area contributed by atoms with Crippen LogP contribution in [0.15, 0.2) is 10.8 Å². The van der Waals surface area contributed by atoms with Crippen LogP contribution in [0.2, 0.25) is 0 Å². The Balaban J connectivity index is 2.39. The van der Waals surface area contributed by atoms with Gasteiger partial charge in [0.25, 0.3) is 0 Å². The van der Waals surface area contributed by atoms with E-state index < -0.39 is 0 Å². The highest BCUT2D eigenvalue weighted by molar-refractivity contribution is 7.15. The van der Waals surface area contributed by atoms with E-state index in [9.17, 15) is 0 Å². The summed E-state index contributed by atoms with van der Waals surface area (Å²) in [5.41, 5.74) is 8.16. The number of nitrogens with two attached hydrogens (primary N) is 1. The molecule has 2 aromatic heterocycles. The van der Waals surface area contributed by atoms with Crippen LogP contribution in [-0.4, -0.2) is 10.2 Å². The smallest absolute Gasteiger partial charge is 0.148 e. The molecule has 0 aliphatic carbocycles. The molecular formula is C9H11N3S2. The number of rotatable bonds is 2. The summed E-state index contributed by atoms with van der Waals surface area (Å²) in [5.74, 6) is 0. The van der Waals surface area contributed by atoms with Crippen LogP contribution in [0.1, 0.15) is 23.5 Å². The van der Waals surface area contributed by atoms with Gasteiger partial charge in [-0.3, -0.25) is 0 Å². The van der Waals surface area contributed by atoms with E-state index in [0.29, 0.717) is 0 Å². The van der Waals surface area contributed by atoms with E-state index in [2.05, 4.69) is 27.9 Å². The molecule has 14 heavy (non-hydrogen) atoms. The summed E-state index contributed by atoms with van der Waals surface area (Å²) in [4.78, 5) is 0. The Morgan fingerprint density at radius 1 is 1.36 bits per heavy atom. The molecule has 0 amide bonds. The second-order valence-corrected chi connectivity index (χ2v) is 4.96. The average Bonchev–Trinajstić information content (AvgIpc) is 2.71. The average molecular weight is 225 g/mol. The van der Waals surface area contributed by atoms with Gasteiger partial charge in [0.15, 0.2) is 0 Å². The maximum Gasteiger partial charge on any atom is 0.148 e. The fourth-order valence-electron chi connectivity index (χ4n) is 1.11. The lowest BCUT2D eigenvalue weighted by molar-refractivity contribution is 0.786. The molecule has 5 heteroatoms. The first kappa shape index (κ1) is 9.76. The summed E-state index contributed by atoms with van der Waals surface area (Å²) in [6, 6.07) is -0.0276. The lowest BCUT2D eigenvalue weighted by Gasteiger charge is -1.94. The van der Waals surface area contributed by atoms with Crippen molar-refractivity contribution < 1.29 is 0 Å². The van der Waals surface area contributed by atoms with Crippen LogP contribution in [0.4, 0.5) is 0 Å². The summed E-state index contributed by atoms with van der Waals surface area (Å²) in [5, 5.41) is 14.3. The molecular weight excluding hydrogens is 214 g/mol. The molecule has 0 aliphatic heterocycles. The number of nitrogens with zero attached hydrogens (tertiary/aromatic N) is 2. The Hall–Kier alpha value is -0.780. The molecule has 0 aromatic carbocycles. The van der Waals surface area contributed by atoms with Crippen molar-refractivity contribution in [3.63, 3.8) is 0 Å². The van der Waals surface area contributed by atoms with E-state index >= 15 is 0 Å². The molecule has 3 nitrogen and oxygen atoms in total. The first-order valence-corrected chi connectivity index (χ1v) is 6.06. The number of hydrogen-bond acceptors (Lipinski definition) is 5. The Morgan fingerprint density at radius 3 is 2.64 bits per heavy atom. The molecule has 1 atom stereocenters. The van der Waals surface area contributed by atoms with E-state index in [4.69, 9.17) is 5.73 Å². The molecule has 2 aromatic rings. The van der Waals surface area contributed by atoms with Gasteiger partial charge in [-0.1, -0.05) is 11.3 Å². The molecule has 0 radical (unpaired) electrons. The fraction of sp³-hybridized carbons (Fsp3) is 0.333. The molecule has 2 heterocycles. The topological polar surface area (TPSA) is 51.8 Å². The zero-order chi connectivity index (χ0) is 10.1. The number of hydrogen-bond donors (Lipinski definition) is 1. The van der Waals surface area contributed by atoms with Crippen molar-refractivity contribution in [3.8, 4) is 10.6 Å². The first-order valence-electron chi connectivity index (χ1n) is 4.30. The zero-order valence-corrected chi connectivity index (χ0v) is 9.65. The van der Waals surface area contributed by atoms with E-state index in [1.54, 1.807) is 22.7 Å². The zero-order valence-electron chi connectivity index (χ0n) is 8.02. The quantitative estimate of drug-likeness (QED) is 0.854. The van der Waals surface area contributed by atoms with Crippen molar-refractivity contribution in [3.05, 3.63) is 21.3 Å². The highest BCUT2D eigenvalue weighted by atomic mass is 32.1. The van der Waals surface area contributed by atoms with Gasteiger partial charge in [0.1, 0.15) is 10.0 Å². The van der Waals surface area contributed by atoms with Gasteiger partial charge in [0.2, 0.25) is 0 Å². The van der Waals surface area contributed by atoms with Crippen LogP contribution in [0.3, 0.4) is 0 Å². The van der Waals surface area contributed by atoms with E-state index in [-0.39, 0.29) is 6.04 Å². The van der Waals surface area contributed by atoms with Crippen LogP contribution in [0.5, 0.6) is 0 Å². The second-order valence-electron chi connectivity index (χ2n) is 3.20. The van der Waals surface area contributed by atoms with Crippen LogP contribution < -0.4 is 5.73 Å². The second kappa shape index (κ2) is 3.76. The monoisotopic (exact) mass is 225 g/mol. The third kappa shape index (κ3) is 1.70. The SMILES string of the molecule is Cc1cscc1-c1nnc(C(C)N)s1. The summed E-state index contributed by atoms with van der Waals surface area (Å²) < 4.78 is 0. The Labute approximate surface area is 90.6 Å². The minimum atomic E-state index is -0.0276. The standard InChI is InChI=1S/C9H11N3S2/c1-5-3-13-4-7(5)9-12-11-8(14-9)6(2)10/h3-4,6H,10H2,1-2H3. The Bertz CT molecular complexity index is 431. The van der Waals surface area contributed by atoms with Gasteiger partial charge in [0.05, 0.1) is 6.04 Å². The van der Waals surface area contributed by atoms with Crippen molar-refractivity contribution in [1.29, 1.82) is 0 Å². The molecule has 2 N–H and O–H groups in total. The van der Waals surface area contributed by atoms with Crippen molar-refractivity contribution in [2.75, 3.05) is 0 Å². The minimum absolute atomic E-state index is 0.0276. The number of aromatic nitrogens is 2. The summed E-state index contributed by atoms with van der Waals surface area (Å²) >= 11 is 3.26. The maximum atomic E-state index is 5.73. The first-order chi connectivity index (χ1) is 6.68. The van der Waals surface area contributed by atoms with Crippen molar-refractivity contribution >= 4 is 22.7 Å². The lowest BCUT2D eigenvalue weighted by Crippen LogP contribution is -2.03. The number of aryl methyl sites for hydroxylation is 1. The normalized spacial score (nSPS) is 13.1. The van der Waals surface area contributed by atoms with Gasteiger partial charge in [-0.15, -0.1) is 10.2 Å². The van der Waals surface area contributed by atoms with Crippen molar-refractivity contribution in [2.45, 2.75) is 19.9 Å². The highest BCUT2D eigenvalue weighted by Gasteiger charge is 2.11. The van der Waals surface area contributed by atoms with Gasteiger partial charge in [-0.05, 0) is 24.8 Å². The molecule has 1 unspecified atom stereocenters. The largest absolute Gasteiger partial charge is 0.322 e. The molecule has 2 rings (SSSR count). The summed E-state index contributed by atoms with van der Waals surface area (Å²) in [6.07, 6.45) is 0. The lowest BCUT2D eigenvalue weighted by atomic mass is 10.2. The van der Waals surface area contributed by atoms with Crippen LogP contribution in [0.25, 0.3) is 10.6 Å². The van der Waals surface area contributed by atoms with E-state index in [1.165, 1.54) is 11.1 Å². The fourth-order valence-corrected chi connectivity index (χ4v) is 2.89. The molecule has 0 spiro atoms. The van der Waals surface area contributed by atoms with Crippen molar-refractivity contribution in [1.82, 2.24) is 10.2 Å². The van der Waals surface area contributed by atoms with Gasteiger partial charge < -0.3 is 5.73 Å². The minimum Gasteiger partial charge on any atom is -0.322 e. The highest BCUT2D eigenvalue weighted by Crippen LogP contribution is 2.30. The summed E-state index contributed by atoms with van der Waals surface area (Å²) in [6.45, 7) is 4.00. The Kier molecular flexibility index (Phi) is 2.62. The molecule has 0 aliphatic rings.